The van der Waals surface area contributed by atoms with Gasteiger partial charge >= 0.3 is 6.03 Å². The fourth-order valence-electron chi connectivity index (χ4n) is 4.74. The summed E-state index contributed by atoms with van der Waals surface area (Å²) in [5.41, 5.74) is 7.12. The Balaban J connectivity index is 1.41. The third-order valence-corrected chi connectivity index (χ3v) is 7.75. The zero-order valence-electron chi connectivity index (χ0n) is 16.4. The van der Waals surface area contributed by atoms with E-state index in [2.05, 4.69) is 21.1 Å². The molecule has 0 radical (unpaired) electrons. The molecule has 0 saturated carbocycles. The van der Waals surface area contributed by atoms with E-state index in [1.165, 1.54) is 22.3 Å². The molecule has 2 aromatic carbocycles. The number of carbonyl (C=O) groups excluding carboxylic acids is 1. The number of urea groups is 1. The standard InChI is InChI=1S/C22H26N4O2S/c23-29(28,17-9-7-14(8-10-17)20-11-12-24-20)26-22(27)25-21-18-5-1-3-15(18)13-16-4-2-6-19(16)21/h7-10,13,20,24H,1-6,11-12H2,(H3,23,25,26,27,28). The molecule has 0 spiro atoms. The minimum atomic E-state index is -3.30. The summed E-state index contributed by atoms with van der Waals surface area (Å²) >= 11 is 0. The summed E-state index contributed by atoms with van der Waals surface area (Å²) in [6.07, 6.45) is 7.34. The Morgan fingerprint density at radius 1 is 1.07 bits per heavy atom. The van der Waals surface area contributed by atoms with Gasteiger partial charge in [0.1, 0.15) is 9.92 Å². The van der Waals surface area contributed by atoms with E-state index in [1.807, 2.05) is 12.1 Å². The van der Waals surface area contributed by atoms with Crippen LogP contribution in [0, 0.1) is 0 Å². The Morgan fingerprint density at radius 3 is 2.24 bits per heavy atom. The molecule has 2 aromatic rings. The van der Waals surface area contributed by atoms with Crippen LogP contribution in [0.2, 0.25) is 0 Å². The van der Waals surface area contributed by atoms with Crippen LogP contribution in [0.3, 0.4) is 0 Å². The van der Waals surface area contributed by atoms with E-state index in [0.29, 0.717) is 10.9 Å². The number of amides is 2. The second-order valence-electron chi connectivity index (χ2n) is 8.19. The summed E-state index contributed by atoms with van der Waals surface area (Å²) in [6, 6.07) is 9.27. The average Bonchev–Trinajstić information content (AvgIpc) is 3.29. The van der Waals surface area contributed by atoms with Gasteiger partial charge in [0.25, 0.3) is 0 Å². The van der Waals surface area contributed by atoms with Gasteiger partial charge in [-0.1, -0.05) is 18.2 Å². The first-order valence-electron chi connectivity index (χ1n) is 10.4. The number of nitrogens with one attached hydrogen (secondary N) is 2. The number of nitrogens with zero attached hydrogens (tertiary/aromatic N) is 1. The number of benzene rings is 2. The maximum atomic E-state index is 13.0. The fraction of sp³-hybridized carbons (Fsp3) is 0.409. The van der Waals surface area contributed by atoms with Gasteiger partial charge in [0.05, 0.1) is 4.90 Å². The van der Waals surface area contributed by atoms with Crippen molar-refractivity contribution in [3.05, 3.63) is 58.1 Å². The molecule has 7 heteroatoms. The van der Waals surface area contributed by atoms with Gasteiger partial charge in [-0.05, 0) is 91.4 Å². The lowest BCUT2D eigenvalue weighted by Crippen LogP contribution is -2.34. The van der Waals surface area contributed by atoms with Gasteiger partial charge in [0.2, 0.25) is 0 Å². The van der Waals surface area contributed by atoms with Crippen LogP contribution in [0.4, 0.5) is 10.5 Å². The van der Waals surface area contributed by atoms with Gasteiger partial charge in [-0.15, -0.1) is 4.36 Å². The summed E-state index contributed by atoms with van der Waals surface area (Å²) in [5.74, 6) is 0. The minimum absolute atomic E-state index is 0.348. The lowest BCUT2D eigenvalue weighted by molar-refractivity contribution is 0.260. The molecule has 1 fully saturated rings. The molecule has 152 valence electrons. The molecule has 0 bridgehead atoms. The normalized spacial score (nSPS) is 21.6. The molecule has 2 unspecified atom stereocenters. The largest absolute Gasteiger partial charge is 0.354 e. The summed E-state index contributed by atoms with van der Waals surface area (Å²) in [7, 11) is -3.30. The Labute approximate surface area is 171 Å². The topological polar surface area (TPSA) is 96.6 Å². The van der Waals surface area contributed by atoms with Crippen LogP contribution in [0.25, 0.3) is 0 Å². The van der Waals surface area contributed by atoms with E-state index in [1.54, 1.807) is 12.1 Å². The second kappa shape index (κ2) is 7.23. The molecule has 2 atom stereocenters. The number of hydrogen-bond donors (Lipinski definition) is 3. The van der Waals surface area contributed by atoms with E-state index >= 15 is 0 Å². The predicted molar refractivity (Wildman–Crippen MR) is 114 cm³/mol. The van der Waals surface area contributed by atoms with Crippen LogP contribution in [0.15, 0.2) is 39.6 Å². The van der Waals surface area contributed by atoms with Crippen molar-refractivity contribution in [2.24, 2.45) is 9.50 Å². The van der Waals surface area contributed by atoms with Crippen LogP contribution in [-0.2, 0) is 35.6 Å². The first-order chi connectivity index (χ1) is 14.0. The van der Waals surface area contributed by atoms with Gasteiger partial charge in [-0.25, -0.2) is 14.1 Å². The lowest BCUT2D eigenvalue weighted by Gasteiger charge is -2.28. The molecule has 4 N–H and O–H groups in total. The van der Waals surface area contributed by atoms with Crippen LogP contribution in [-0.4, -0.2) is 16.8 Å². The van der Waals surface area contributed by atoms with Gasteiger partial charge in [-0.2, -0.15) is 0 Å². The first kappa shape index (κ1) is 18.8. The molecule has 5 rings (SSSR count). The van der Waals surface area contributed by atoms with Crippen molar-refractivity contribution in [1.29, 1.82) is 0 Å². The lowest BCUT2D eigenvalue weighted by atomic mass is 9.98. The quantitative estimate of drug-likeness (QED) is 0.721. The highest BCUT2D eigenvalue weighted by Gasteiger charge is 2.25. The molecular formula is C22H26N4O2S. The monoisotopic (exact) mass is 410 g/mol. The SMILES string of the molecule is NS(=O)(=NC(=O)Nc1c2c(cc3c1CCC3)CCC2)c1ccc(C2CCN2)cc1. The Kier molecular flexibility index (Phi) is 4.69. The smallest absolute Gasteiger partial charge is 0.310 e. The van der Waals surface area contributed by atoms with Crippen molar-refractivity contribution in [3.8, 4) is 0 Å². The van der Waals surface area contributed by atoms with Crippen molar-refractivity contribution >= 4 is 21.6 Å². The van der Waals surface area contributed by atoms with Gasteiger partial charge in [0, 0.05) is 11.7 Å². The number of aryl methyl sites for hydroxylation is 2. The summed E-state index contributed by atoms with van der Waals surface area (Å²) in [5, 5.41) is 12.2. The van der Waals surface area contributed by atoms with Crippen molar-refractivity contribution in [2.75, 3.05) is 11.9 Å². The third kappa shape index (κ3) is 3.47. The molecule has 29 heavy (non-hydrogen) atoms. The maximum Gasteiger partial charge on any atom is 0.354 e. The highest BCUT2D eigenvalue weighted by atomic mass is 32.2. The first-order valence-corrected chi connectivity index (χ1v) is 11.9. The van der Waals surface area contributed by atoms with E-state index in [0.717, 1.165) is 62.7 Å². The Bertz CT molecular complexity index is 1060. The van der Waals surface area contributed by atoms with Crippen LogP contribution >= 0.6 is 0 Å². The number of rotatable bonds is 3. The van der Waals surface area contributed by atoms with Gasteiger partial charge in [0.15, 0.2) is 0 Å². The highest BCUT2D eigenvalue weighted by Crippen LogP contribution is 2.38. The van der Waals surface area contributed by atoms with Gasteiger partial charge < -0.3 is 10.6 Å². The molecule has 2 amide bonds. The van der Waals surface area contributed by atoms with Crippen LogP contribution in [0.1, 0.15) is 53.1 Å². The molecule has 2 aliphatic carbocycles. The zero-order valence-corrected chi connectivity index (χ0v) is 17.2. The molecule has 1 heterocycles. The minimum Gasteiger partial charge on any atom is -0.310 e. The second-order valence-corrected chi connectivity index (χ2v) is 9.98. The summed E-state index contributed by atoms with van der Waals surface area (Å²) < 4.78 is 16.8. The predicted octanol–water partition coefficient (Wildman–Crippen LogP) is 3.63. The average molecular weight is 411 g/mol. The van der Waals surface area contributed by atoms with E-state index in [-0.39, 0.29) is 0 Å². The van der Waals surface area contributed by atoms with Crippen molar-refractivity contribution in [2.45, 2.75) is 55.9 Å². The Morgan fingerprint density at radius 2 is 1.69 bits per heavy atom. The molecule has 6 nitrogen and oxygen atoms in total. The third-order valence-electron chi connectivity index (χ3n) is 6.37. The molecule has 1 aliphatic heterocycles. The molecular weight excluding hydrogens is 384 g/mol. The van der Waals surface area contributed by atoms with Crippen LogP contribution < -0.4 is 15.8 Å². The van der Waals surface area contributed by atoms with Crippen molar-refractivity contribution < 1.29 is 9.00 Å². The van der Waals surface area contributed by atoms with E-state index in [4.69, 9.17) is 5.14 Å². The summed E-state index contributed by atoms with van der Waals surface area (Å²) in [4.78, 5) is 13.1. The van der Waals surface area contributed by atoms with Gasteiger partial charge in [-0.3, -0.25) is 0 Å². The zero-order chi connectivity index (χ0) is 20.0. The Hall–Kier alpha value is -2.22. The number of hydrogen-bond acceptors (Lipinski definition) is 3. The van der Waals surface area contributed by atoms with E-state index < -0.39 is 15.9 Å². The number of fused-ring (bicyclic) bond motifs is 2. The maximum absolute atomic E-state index is 13.0. The number of nitrogens with two attached hydrogens (primary N) is 1. The molecule has 0 aromatic heterocycles. The molecule has 1 saturated heterocycles. The van der Waals surface area contributed by atoms with Crippen LogP contribution in [0.5, 0.6) is 0 Å². The molecule has 3 aliphatic rings. The van der Waals surface area contributed by atoms with E-state index in [9.17, 15) is 9.00 Å². The number of anilines is 1. The number of carbonyl (C=O) groups is 1. The highest BCUT2D eigenvalue weighted by molar-refractivity contribution is 7.91. The van der Waals surface area contributed by atoms with Crippen molar-refractivity contribution in [3.63, 3.8) is 0 Å². The fourth-order valence-corrected chi connectivity index (χ4v) is 5.66. The summed E-state index contributed by atoms with van der Waals surface area (Å²) in [6.45, 7) is 1.02. The van der Waals surface area contributed by atoms with Crippen molar-refractivity contribution in [1.82, 2.24) is 5.32 Å².